The van der Waals surface area contributed by atoms with Crippen LogP contribution in [-0.4, -0.2) is 17.4 Å². The molecule has 0 aliphatic carbocycles. The second-order valence-corrected chi connectivity index (χ2v) is 5.68. The molecule has 0 N–H and O–H groups in total. The molecule has 1 atom stereocenters. The fourth-order valence-electron chi connectivity index (χ4n) is 2.34. The lowest BCUT2D eigenvalue weighted by molar-refractivity contribution is -0.132. The monoisotopic (exact) mass is 237 g/mol. The van der Waals surface area contributed by atoms with Crippen molar-refractivity contribution in [3.8, 4) is 0 Å². The standard InChI is InChI=1S/C13H19NOS/c1-10(2)8-13(15)14-6-3-4-12(14)11-5-7-16-9-11/h5,7,9-10,12H,3-4,6,8H2,1-2H3. The predicted octanol–water partition coefficient (Wildman–Crippen LogP) is 3.46. The lowest BCUT2D eigenvalue weighted by Gasteiger charge is -2.25. The van der Waals surface area contributed by atoms with E-state index in [1.807, 2.05) is 0 Å². The zero-order chi connectivity index (χ0) is 11.5. The summed E-state index contributed by atoms with van der Waals surface area (Å²) in [6, 6.07) is 2.49. The smallest absolute Gasteiger partial charge is 0.223 e. The van der Waals surface area contributed by atoms with Gasteiger partial charge in [-0.1, -0.05) is 13.8 Å². The summed E-state index contributed by atoms with van der Waals surface area (Å²) >= 11 is 1.72. The molecular formula is C13H19NOS. The highest BCUT2D eigenvalue weighted by atomic mass is 32.1. The van der Waals surface area contributed by atoms with Gasteiger partial charge < -0.3 is 4.90 Å². The number of likely N-dealkylation sites (tertiary alicyclic amines) is 1. The number of thiophene rings is 1. The molecule has 1 fully saturated rings. The average Bonchev–Trinajstić information content (AvgIpc) is 2.87. The van der Waals surface area contributed by atoms with Crippen molar-refractivity contribution in [2.24, 2.45) is 5.92 Å². The SMILES string of the molecule is CC(C)CC(=O)N1CCCC1c1ccsc1. The first-order valence-electron chi connectivity index (χ1n) is 6.00. The normalized spacial score (nSPS) is 20.7. The number of carbonyl (C=O) groups is 1. The molecule has 1 aromatic heterocycles. The highest BCUT2D eigenvalue weighted by molar-refractivity contribution is 7.07. The second kappa shape index (κ2) is 5.00. The minimum Gasteiger partial charge on any atom is -0.336 e. The minimum absolute atomic E-state index is 0.323. The summed E-state index contributed by atoms with van der Waals surface area (Å²) in [6.07, 6.45) is 2.95. The Morgan fingerprint density at radius 3 is 3.06 bits per heavy atom. The fraction of sp³-hybridized carbons (Fsp3) is 0.615. The third-order valence-corrected chi connectivity index (χ3v) is 3.79. The van der Waals surface area contributed by atoms with E-state index in [0.717, 1.165) is 19.4 Å². The Kier molecular flexibility index (Phi) is 3.64. The van der Waals surface area contributed by atoms with Crippen LogP contribution in [0.15, 0.2) is 16.8 Å². The summed E-state index contributed by atoms with van der Waals surface area (Å²) in [6.45, 7) is 5.15. The zero-order valence-electron chi connectivity index (χ0n) is 9.98. The quantitative estimate of drug-likeness (QED) is 0.788. The molecule has 2 heterocycles. The Morgan fingerprint density at radius 1 is 1.62 bits per heavy atom. The predicted molar refractivity (Wildman–Crippen MR) is 67.5 cm³/mol. The van der Waals surface area contributed by atoms with Gasteiger partial charge in [-0.3, -0.25) is 4.79 Å². The highest BCUT2D eigenvalue weighted by Gasteiger charge is 2.29. The topological polar surface area (TPSA) is 20.3 Å². The summed E-state index contributed by atoms with van der Waals surface area (Å²) < 4.78 is 0. The van der Waals surface area contributed by atoms with Crippen LogP contribution in [0.25, 0.3) is 0 Å². The third kappa shape index (κ3) is 2.46. The van der Waals surface area contributed by atoms with Crippen LogP contribution < -0.4 is 0 Å². The van der Waals surface area contributed by atoms with Gasteiger partial charge in [-0.25, -0.2) is 0 Å². The number of rotatable bonds is 3. The van der Waals surface area contributed by atoms with Crippen molar-refractivity contribution >= 4 is 17.2 Å². The highest BCUT2D eigenvalue weighted by Crippen LogP contribution is 2.33. The number of hydrogen-bond acceptors (Lipinski definition) is 2. The van der Waals surface area contributed by atoms with Crippen molar-refractivity contribution in [2.45, 2.75) is 39.2 Å². The van der Waals surface area contributed by atoms with E-state index in [1.54, 1.807) is 11.3 Å². The van der Waals surface area contributed by atoms with Crippen LogP contribution >= 0.6 is 11.3 Å². The molecule has 1 unspecified atom stereocenters. The van der Waals surface area contributed by atoms with Gasteiger partial charge in [-0.2, -0.15) is 11.3 Å². The summed E-state index contributed by atoms with van der Waals surface area (Å²) in [5, 5.41) is 4.27. The molecule has 1 saturated heterocycles. The first-order chi connectivity index (χ1) is 7.68. The van der Waals surface area contributed by atoms with E-state index in [1.165, 1.54) is 5.56 Å². The van der Waals surface area contributed by atoms with Gasteiger partial charge in [-0.15, -0.1) is 0 Å². The fourth-order valence-corrected chi connectivity index (χ4v) is 3.05. The van der Waals surface area contributed by atoms with Gasteiger partial charge in [0.1, 0.15) is 0 Å². The molecule has 1 aliphatic heterocycles. The molecule has 1 aliphatic rings. The number of nitrogens with zero attached hydrogens (tertiary/aromatic N) is 1. The van der Waals surface area contributed by atoms with Crippen LogP contribution in [-0.2, 0) is 4.79 Å². The molecule has 88 valence electrons. The zero-order valence-corrected chi connectivity index (χ0v) is 10.8. The number of amides is 1. The van der Waals surface area contributed by atoms with Crippen molar-refractivity contribution in [1.29, 1.82) is 0 Å². The minimum atomic E-state index is 0.323. The molecule has 2 nitrogen and oxygen atoms in total. The number of hydrogen-bond donors (Lipinski definition) is 0. The molecule has 1 aromatic rings. The summed E-state index contributed by atoms with van der Waals surface area (Å²) in [7, 11) is 0. The van der Waals surface area contributed by atoms with Gasteiger partial charge in [0.05, 0.1) is 6.04 Å². The van der Waals surface area contributed by atoms with Crippen molar-refractivity contribution in [2.75, 3.05) is 6.54 Å². The first kappa shape index (κ1) is 11.6. The molecule has 16 heavy (non-hydrogen) atoms. The van der Waals surface area contributed by atoms with Crippen molar-refractivity contribution in [3.05, 3.63) is 22.4 Å². The van der Waals surface area contributed by atoms with Crippen molar-refractivity contribution in [1.82, 2.24) is 4.90 Å². The van der Waals surface area contributed by atoms with Crippen LogP contribution in [0.4, 0.5) is 0 Å². The third-order valence-electron chi connectivity index (χ3n) is 3.08. The lowest BCUT2D eigenvalue weighted by Crippen LogP contribution is -2.31. The van der Waals surface area contributed by atoms with E-state index in [4.69, 9.17) is 0 Å². The summed E-state index contributed by atoms with van der Waals surface area (Å²) in [4.78, 5) is 14.2. The Morgan fingerprint density at radius 2 is 2.44 bits per heavy atom. The molecule has 0 spiro atoms. The lowest BCUT2D eigenvalue weighted by atomic mass is 10.1. The van der Waals surface area contributed by atoms with Gasteiger partial charge in [0.25, 0.3) is 0 Å². The number of carbonyl (C=O) groups excluding carboxylic acids is 1. The molecule has 0 bridgehead atoms. The Balaban J connectivity index is 2.06. The van der Waals surface area contributed by atoms with Crippen molar-refractivity contribution in [3.63, 3.8) is 0 Å². The van der Waals surface area contributed by atoms with Crippen LogP contribution in [0.2, 0.25) is 0 Å². The van der Waals surface area contributed by atoms with E-state index in [2.05, 4.69) is 35.6 Å². The maximum Gasteiger partial charge on any atom is 0.223 e. The molecule has 3 heteroatoms. The van der Waals surface area contributed by atoms with Gasteiger partial charge in [-0.05, 0) is 41.1 Å². The van der Waals surface area contributed by atoms with Crippen LogP contribution in [0.1, 0.15) is 44.7 Å². The van der Waals surface area contributed by atoms with Gasteiger partial charge >= 0.3 is 0 Å². The molecule has 0 saturated carbocycles. The van der Waals surface area contributed by atoms with E-state index in [-0.39, 0.29) is 0 Å². The Hall–Kier alpha value is -0.830. The molecular weight excluding hydrogens is 218 g/mol. The molecule has 2 rings (SSSR count). The largest absolute Gasteiger partial charge is 0.336 e. The van der Waals surface area contributed by atoms with Gasteiger partial charge in [0.2, 0.25) is 5.91 Å². The summed E-state index contributed by atoms with van der Waals surface area (Å²) in [5.41, 5.74) is 1.32. The van der Waals surface area contributed by atoms with Crippen LogP contribution in [0.3, 0.4) is 0 Å². The van der Waals surface area contributed by atoms with E-state index >= 15 is 0 Å². The van der Waals surface area contributed by atoms with Gasteiger partial charge in [0, 0.05) is 13.0 Å². The molecule has 0 aromatic carbocycles. The molecule has 0 radical (unpaired) electrons. The maximum absolute atomic E-state index is 12.1. The van der Waals surface area contributed by atoms with E-state index in [0.29, 0.717) is 24.3 Å². The van der Waals surface area contributed by atoms with Crippen LogP contribution in [0.5, 0.6) is 0 Å². The van der Waals surface area contributed by atoms with Crippen LogP contribution in [0, 0.1) is 5.92 Å². The Labute approximate surface area is 101 Å². The summed E-state index contributed by atoms with van der Waals surface area (Å²) in [5.74, 6) is 0.778. The van der Waals surface area contributed by atoms with Crippen molar-refractivity contribution < 1.29 is 4.79 Å². The average molecular weight is 237 g/mol. The maximum atomic E-state index is 12.1. The molecule has 1 amide bonds. The van der Waals surface area contributed by atoms with E-state index in [9.17, 15) is 4.79 Å². The first-order valence-corrected chi connectivity index (χ1v) is 6.94. The van der Waals surface area contributed by atoms with E-state index < -0.39 is 0 Å². The van der Waals surface area contributed by atoms with Gasteiger partial charge in [0.15, 0.2) is 0 Å². The second-order valence-electron chi connectivity index (χ2n) is 4.90. The Bertz CT molecular complexity index is 345.